The Labute approximate surface area is 142 Å². The maximum Gasteiger partial charge on any atom is 0.257 e. The van der Waals surface area contributed by atoms with Crippen molar-refractivity contribution in [2.75, 3.05) is 39.5 Å². The molecule has 3 aliphatic heterocycles. The summed E-state index contributed by atoms with van der Waals surface area (Å²) in [5, 5.41) is 0. The lowest BCUT2D eigenvalue weighted by Gasteiger charge is -2.53. The van der Waals surface area contributed by atoms with Crippen LogP contribution in [0, 0.1) is 5.92 Å². The standard InChI is InChI=1S/C18H25NO5/c20-17(15-3-7-22-11-15)19-12-18(13-19)9-16(4-8-24-18)23-10-14-1-5-21-6-2-14/h3,7,11,14,16H,1-2,4-6,8-10,12-13H2/t16-/m1/s1. The molecule has 6 nitrogen and oxygen atoms in total. The van der Waals surface area contributed by atoms with Gasteiger partial charge in [-0.05, 0) is 31.2 Å². The topological polar surface area (TPSA) is 61.1 Å². The van der Waals surface area contributed by atoms with Crippen LogP contribution in [0.25, 0.3) is 0 Å². The zero-order valence-corrected chi connectivity index (χ0v) is 13.9. The number of likely N-dealkylation sites (tertiary alicyclic amines) is 1. The molecule has 1 spiro atoms. The van der Waals surface area contributed by atoms with E-state index in [1.165, 1.54) is 12.5 Å². The lowest BCUT2D eigenvalue weighted by atomic mass is 9.84. The Balaban J connectivity index is 1.26. The summed E-state index contributed by atoms with van der Waals surface area (Å²) in [7, 11) is 0. The fourth-order valence-electron chi connectivity index (χ4n) is 3.89. The second-order valence-electron chi connectivity index (χ2n) is 7.21. The molecule has 3 fully saturated rings. The molecule has 6 heteroatoms. The van der Waals surface area contributed by atoms with Crippen molar-refractivity contribution in [1.82, 2.24) is 4.90 Å². The molecule has 0 saturated carbocycles. The highest BCUT2D eigenvalue weighted by Gasteiger charge is 2.49. The van der Waals surface area contributed by atoms with Crippen LogP contribution >= 0.6 is 0 Å². The van der Waals surface area contributed by atoms with Gasteiger partial charge in [-0.3, -0.25) is 4.79 Å². The number of carbonyl (C=O) groups is 1. The summed E-state index contributed by atoms with van der Waals surface area (Å²) < 4.78 is 22.6. The van der Waals surface area contributed by atoms with Crippen LogP contribution in [0.3, 0.4) is 0 Å². The summed E-state index contributed by atoms with van der Waals surface area (Å²) in [6.45, 7) is 4.55. The van der Waals surface area contributed by atoms with Crippen molar-refractivity contribution >= 4 is 5.91 Å². The number of carbonyl (C=O) groups excluding carboxylic acids is 1. The van der Waals surface area contributed by atoms with E-state index in [0.717, 1.165) is 45.5 Å². The Bertz CT molecular complexity index is 546. The van der Waals surface area contributed by atoms with Gasteiger partial charge in [-0.2, -0.15) is 0 Å². The van der Waals surface area contributed by atoms with Crippen LogP contribution in [-0.4, -0.2) is 62.0 Å². The lowest BCUT2D eigenvalue weighted by Crippen LogP contribution is -2.67. The third-order valence-electron chi connectivity index (χ3n) is 5.37. The van der Waals surface area contributed by atoms with Crippen LogP contribution in [-0.2, 0) is 14.2 Å². The molecule has 0 aliphatic carbocycles. The molecule has 4 heterocycles. The average Bonchev–Trinajstić information content (AvgIpc) is 3.13. The minimum atomic E-state index is -0.210. The molecular weight excluding hydrogens is 310 g/mol. The highest BCUT2D eigenvalue weighted by Crippen LogP contribution is 2.36. The fourth-order valence-corrected chi connectivity index (χ4v) is 3.89. The molecule has 0 N–H and O–H groups in total. The largest absolute Gasteiger partial charge is 0.472 e. The molecule has 3 aliphatic rings. The summed E-state index contributed by atoms with van der Waals surface area (Å²) in [5.74, 6) is 0.640. The van der Waals surface area contributed by atoms with Crippen LogP contribution < -0.4 is 0 Å². The third kappa shape index (κ3) is 3.36. The van der Waals surface area contributed by atoms with Crippen LogP contribution in [0.2, 0.25) is 0 Å². The number of rotatable bonds is 4. The Hall–Kier alpha value is -1.37. The summed E-state index contributed by atoms with van der Waals surface area (Å²) >= 11 is 0. The number of amides is 1. The van der Waals surface area contributed by atoms with Crippen molar-refractivity contribution in [2.24, 2.45) is 5.92 Å². The number of ether oxygens (including phenoxy) is 3. The van der Waals surface area contributed by atoms with Gasteiger partial charge in [0.1, 0.15) is 11.9 Å². The predicted molar refractivity (Wildman–Crippen MR) is 85.8 cm³/mol. The smallest absolute Gasteiger partial charge is 0.257 e. The monoisotopic (exact) mass is 335 g/mol. The fraction of sp³-hybridized carbons (Fsp3) is 0.722. The van der Waals surface area contributed by atoms with E-state index >= 15 is 0 Å². The van der Waals surface area contributed by atoms with Gasteiger partial charge in [0.2, 0.25) is 0 Å². The summed E-state index contributed by atoms with van der Waals surface area (Å²) in [6.07, 6.45) is 7.29. The van der Waals surface area contributed by atoms with E-state index in [4.69, 9.17) is 18.6 Å². The minimum absolute atomic E-state index is 0.0169. The van der Waals surface area contributed by atoms with Gasteiger partial charge in [-0.25, -0.2) is 0 Å². The van der Waals surface area contributed by atoms with Crippen molar-refractivity contribution in [1.29, 1.82) is 0 Å². The molecule has 132 valence electrons. The van der Waals surface area contributed by atoms with Crippen molar-refractivity contribution in [3.63, 3.8) is 0 Å². The van der Waals surface area contributed by atoms with E-state index in [1.807, 2.05) is 4.90 Å². The molecule has 1 aromatic heterocycles. The van der Waals surface area contributed by atoms with Gasteiger partial charge >= 0.3 is 0 Å². The highest BCUT2D eigenvalue weighted by molar-refractivity contribution is 5.94. The van der Waals surface area contributed by atoms with E-state index in [9.17, 15) is 4.79 Å². The Morgan fingerprint density at radius 1 is 1.25 bits per heavy atom. The normalized spacial score (nSPS) is 27.2. The molecule has 4 rings (SSSR count). The van der Waals surface area contributed by atoms with Crippen LogP contribution in [0.15, 0.2) is 23.0 Å². The molecular formula is C18H25NO5. The highest BCUT2D eigenvalue weighted by atomic mass is 16.5. The molecule has 0 bridgehead atoms. The second kappa shape index (κ2) is 6.86. The molecule has 24 heavy (non-hydrogen) atoms. The van der Waals surface area contributed by atoms with Crippen molar-refractivity contribution in [3.05, 3.63) is 24.2 Å². The third-order valence-corrected chi connectivity index (χ3v) is 5.37. The summed E-state index contributed by atoms with van der Waals surface area (Å²) in [4.78, 5) is 14.1. The number of furan rings is 1. The summed E-state index contributed by atoms with van der Waals surface area (Å²) in [5.41, 5.74) is 0.394. The Morgan fingerprint density at radius 2 is 2.08 bits per heavy atom. The van der Waals surface area contributed by atoms with Crippen molar-refractivity contribution in [2.45, 2.75) is 37.4 Å². The lowest BCUT2D eigenvalue weighted by molar-refractivity contribution is -0.188. The molecule has 1 amide bonds. The number of hydrogen-bond donors (Lipinski definition) is 0. The van der Waals surface area contributed by atoms with Gasteiger partial charge in [0.15, 0.2) is 0 Å². The van der Waals surface area contributed by atoms with Crippen molar-refractivity contribution < 1.29 is 23.4 Å². The Kier molecular flexibility index (Phi) is 4.61. The SMILES string of the molecule is O=C(c1ccoc1)N1CC2(C[C@H](OCC3CCOCC3)CCO2)C1. The number of nitrogens with zero attached hydrogens (tertiary/aromatic N) is 1. The molecule has 0 unspecified atom stereocenters. The average molecular weight is 335 g/mol. The Morgan fingerprint density at radius 3 is 2.83 bits per heavy atom. The number of hydrogen-bond acceptors (Lipinski definition) is 5. The maximum atomic E-state index is 12.3. The predicted octanol–water partition coefficient (Wildman–Crippen LogP) is 2.10. The molecule has 0 aromatic carbocycles. The zero-order chi connectivity index (χ0) is 16.4. The van der Waals surface area contributed by atoms with E-state index in [1.54, 1.807) is 6.07 Å². The molecule has 3 saturated heterocycles. The van der Waals surface area contributed by atoms with Crippen LogP contribution in [0.5, 0.6) is 0 Å². The van der Waals surface area contributed by atoms with Gasteiger partial charge in [0, 0.05) is 32.8 Å². The van der Waals surface area contributed by atoms with Gasteiger partial charge < -0.3 is 23.5 Å². The first-order chi connectivity index (χ1) is 11.7. The minimum Gasteiger partial charge on any atom is -0.472 e. The zero-order valence-electron chi connectivity index (χ0n) is 13.9. The summed E-state index contributed by atoms with van der Waals surface area (Å²) in [6, 6.07) is 1.70. The van der Waals surface area contributed by atoms with Crippen LogP contribution in [0.1, 0.15) is 36.0 Å². The second-order valence-corrected chi connectivity index (χ2v) is 7.21. The first kappa shape index (κ1) is 16.1. The van der Waals surface area contributed by atoms with E-state index < -0.39 is 0 Å². The van der Waals surface area contributed by atoms with Gasteiger partial charge in [-0.15, -0.1) is 0 Å². The first-order valence-corrected chi connectivity index (χ1v) is 8.89. The van der Waals surface area contributed by atoms with Crippen molar-refractivity contribution in [3.8, 4) is 0 Å². The molecule has 1 atom stereocenters. The van der Waals surface area contributed by atoms with Gasteiger partial charge in [-0.1, -0.05) is 0 Å². The molecule has 1 aromatic rings. The van der Waals surface area contributed by atoms with E-state index in [-0.39, 0.29) is 17.6 Å². The maximum absolute atomic E-state index is 12.3. The van der Waals surface area contributed by atoms with Crippen LogP contribution in [0.4, 0.5) is 0 Å². The van der Waals surface area contributed by atoms with E-state index in [2.05, 4.69) is 0 Å². The van der Waals surface area contributed by atoms with E-state index in [0.29, 0.717) is 31.2 Å². The quantitative estimate of drug-likeness (QED) is 0.843. The molecule has 0 radical (unpaired) electrons. The van der Waals surface area contributed by atoms with Gasteiger partial charge in [0.05, 0.1) is 31.0 Å². The first-order valence-electron chi connectivity index (χ1n) is 8.89. The van der Waals surface area contributed by atoms with Gasteiger partial charge in [0.25, 0.3) is 5.91 Å².